The van der Waals surface area contributed by atoms with Crippen LogP contribution in [0.15, 0.2) is 34.7 Å². The molecule has 0 aliphatic carbocycles. The molecule has 4 heterocycles. The Hall–Kier alpha value is -2.53. The molecule has 1 aliphatic rings. The number of carbonyl (C=O) groups is 1. The van der Waals surface area contributed by atoms with Crippen molar-refractivity contribution in [3.63, 3.8) is 0 Å². The first-order chi connectivity index (χ1) is 14.6. The monoisotopic (exact) mass is 477 g/mol. The number of likely N-dealkylation sites (tertiary alicyclic amines) is 1. The summed E-state index contributed by atoms with van der Waals surface area (Å²) >= 11 is 6.71. The molecule has 2 atom stereocenters. The lowest BCUT2D eigenvalue weighted by Crippen LogP contribution is -2.35. The van der Waals surface area contributed by atoms with Crippen molar-refractivity contribution in [2.24, 2.45) is 0 Å². The summed E-state index contributed by atoms with van der Waals surface area (Å²) in [6.07, 6.45) is -5.77. The van der Waals surface area contributed by atoms with Crippen molar-refractivity contribution < 1.29 is 26.7 Å². The molecule has 0 saturated carbocycles. The van der Waals surface area contributed by atoms with Gasteiger partial charge in [-0.3, -0.25) is 9.59 Å². The second-order valence-corrected chi connectivity index (χ2v) is 8.30. The SMILES string of the molecule is O=C(Cn1ccc2scc(-c3cnc(Cl)c(C(F)(F)F)c3)c2c1=O)N1CC(F)C(F)C1. The molecule has 3 aromatic rings. The van der Waals surface area contributed by atoms with Crippen molar-refractivity contribution in [1.82, 2.24) is 14.5 Å². The molecular weight excluding hydrogens is 465 g/mol. The van der Waals surface area contributed by atoms with E-state index in [4.69, 9.17) is 11.6 Å². The number of thiophene rings is 1. The Bertz CT molecular complexity index is 1220. The maximum absolute atomic E-state index is 13.4. The Balaban J connectivity index is 1.72. The minimum Gasteiger partial charge on any atom is -0.335 e. The molecule has 4 rings (SSSR count). The summed E-state index contributed by atoms with van der Waals surface area (Å²) in [5.41, 5.74) is -1.48. The molecular formula is C19H13ClF5N3O2S. The summed E-state index contributed by atoms with van der Waals surface area (Å²) in [6.45, 7) is -1.23. The van der Waals surface area contributed by atoms with E-state index in [1.165, 1.54) is 11.6 Å². The number of fused-ring (bicyclic) bond motifs is 1. The molecule has 0 spiro atoms. The van der Waals surface area contributed by atoms with Crippen molar-refractivity contribution in [2.75, 3.05) is 13.1 Å². The fourth-order valence-electron chi connectivity index (χ4n) is 3.39. The quantitative estimate of drug-likeness (QED) is 0.417. The maximum atomic E-state index is 13.4. The predicted octanol–water partition coefficient (Wildman–Crippen LogP) is 4.32. The Kier molecular flexibility index (Phi) is 5.50. The van der Waals surface area contributed by atoms with E-state index in [-0.39, 0.29) is 16.5 Å². The first kappa shape index (κ1) is 21.7. The third-order valence-electron chi connectivity index (χ3n) is 5.00. The van der Waals surface area contributed by atoms with E-state index in [9.17, 15) is 31.5 Å². The molecule has 2 unspecified atom stereocenters. The number of alkyl halides is 5. The number of amides is 1. The summed E-state index contributed by atoms with van der Waals surface area (Å²) in [6, 6.07) is 2.36. The molecule has 1 aliphatic heterocycles. The molecule has 1 fully saturated rings. The number of hydrogen-bond acceptors (Lipinski definition) is 4. The summed E-state index contributed by atoms with van der Waals surface area (Å²) in [7, 11) is 0. The molecule has 31 heavy (non-hydrogen) atoms. The van der Waals surface area contributed by atoms with Crippen LogP contribution >= 0.6 is 22.9 Å². The predicted molar refractivity (Wildman–Crippen MR) is 106 cm³/mol. The molecule has 164 valence electrons. The van der Waals surface area contributed by atoms with Crippen LogP contribution < -0.4 is 5.56 Å². The van der Waals surface area contributed by atoms with Crippen LogP contribution in [0.5, 0.6) is 0 Å². The van der Waals surface area contributed by atoms with Crippen LogP contribution in [0.4, 0.5) is 22.0 Å². The van der Waals surface area contributed by atoms with Crippen LogP contribution in [0.1, 0.15) is 5.56 Å². The van der Waals surface area contributed by atoms with Crippen LogP contribution in [0.3, 0.4) is 0 Å². The smallest absolute Gasteiger partial charge is 0.335 e. The molecule has 5 nitrogen and oxygen atoms in total. The second kappa shape index (κ2) is 7.86. The number of aromatic nitrogens is 2. The highest BCUT2D eigenvalue weighted by atomic mass is 35.5. The van der Waals surface area contributed by atoms with Crippen molar-refractivity contribution in [1.29, 1.82) is 0 Å². The van der Waals surface area contributed by atoms with Gasteiger partial charge in [-0.15, -0.1) is 11.3 Å². The van der Waals surface area contributed by atoms with E-state index in [0.717, 1.165) is 33.1 Å². The number of halogens is 6. The lowest BCUT2D eigenvalue weighted by atomic mass is 10.1. The van der Waals surface area contributed by atoms with E-state index in [1.807, 2.05) is 0 Å². The Morgan fingerprint density at radius 1 is 1.26 bits per heavy atom. The molecule has 1 amide bonds. The Morgan fingerprint density at radius 3 is 2.58 bits per heavy atom. The van der Waals surface area contributed by atoms with Gasteiger partial charge in [-0.2, -0.15) is 13.2 Å². The average molecular weight is 478 g/mol. The highest BCUT2D eigenvalue weighted by Gasteiger charge is 2.36. The fourth-order valence-corrected chi connectivity index (χ4v) is 4.55. The van der Waals surface area contributed by atoms with E-state index >= 15 is 0 Å². The normalized spacial score (nSPS) is 19.4. The molecule has 1 saturated heterocycles. The van der Waals surface area contributed by atoms with E-state index in [0.29, 0.717) is 4.70 Å². The van der Waals surface area contributed by atoms with Gasteiger partial charge in [-0.25, -0.2) is 13.8 Å². The standard InChI is InChI=1S/C19H13ClF5N3O2S/c20-17-11(19(23,24)25)3-9(4-26-17)10-8-31-14-1-2-27(18(30)16(10)14)7-15(29)28-5-12(21)13(22)6-28/h1-4,8,12-13H,5-7H2. The van der Waals surface area contributed by atoms with Crippen LogP contribution in [0.2, 0.25) is 5.15 Å². The summed E-state index contributed by atoms with van der Waals surface area (Å²) in [5, 5.41) is 0.929. The zero-order valence-corrected chi connectivity index (χ0v) is 17.1. The number of hydrogen-bond donors (Lipinski definition) is 0. The third-order valence-corrected chi connectivity index (χ3v) is 6.24. The molecule has 0 N–H and O–H groups in total. The van der Waals surface area contributed by atoms with E-state index < -0.39 is 60.3 Å². The van der Waals surface area contributed by atoms with Crippen LogP contribution in [-0.2, 0) is 17.5 Å². The molecule has 0 radical (unpaired) electrons. The average Bonchev–Trinajstić information content (AvgIpc) is 3.27. The lowest BCUT2D eigenvalue weighted by molar-refractivity contribution is -0.137. The summed E-state index contributed by atoms with van der Waals surface area (Å²) in [4.78, 5) is 29.9. The summed E-state index contributed by atoms with van der Waals surface area (Å²) in [5.74, 6) is -0.631. The van der Waals surface area contributed by atoms with E-state index in [2.05, 4.69) is 4.98 Å². The van der Waals surface area contributed by atoms with Crippen molar-refractivity contribution >= 4 is 38.9 Å². The van der Waals surface area contributed by atoms with Gasteiger partial charge in [0.2, 0.25) is 5.91 Å². The Morgan fingerprint density at radius 2 is 1.94 bits per heavy atom. The van der Waals surface area contributed by atoms with Crippen molar-refractivity contribution in [3.8, 4) is 11.1 Å². The van der Waals surface area contributed by atoms with Crippen LogP contribution in [0.25, 0.3) is 21.2 Å². The Labute approximate surface area is 180 Å². The van der Waals surface area contributed by atoms with Gasteiger partial charge < -0.3 is 9.47 Å². The van der Waals surface area contributed by atoms with Crippen LogP contribution in [0, 0.1) is 0 Å². The molecule has 3 aromatic heterocycles. The van der Waals surface area contributed by atoms with Gasteiger partial charge in [0.05, 0.1) is 24.0 Å². The highest BCUT2D eigenvalue weighted by Crippen LogP contribution is 2.38. The molecule has 12 heteroatoms. The van der Waals surface area contributed by atoms with Gasteiger partial charge in [0.1, 0.15) is 11.7 Å². The maximum Gasteiger partial charge on any atom is 0.419 e. The largest absolute Gasteiger partial charge is 0.419 e. The van der Waals surface area contributed by atoms with Gasteiger partial charge in [0.15, 0.2) is 12.3 Å². The zero-order chi connectivity index (χ0) is 22.5. The van der Waals surface area contributed by atoms with E-state index in [1.54, 1.807) is 6.07 Å². The lowest BCUT2D eigenvalue weighted by Gasteiger charge is -2.16. The zero-order valence-electron chi connectivity index (χ0n) is 15.5. The van der Waals surface area contributed by atoms with Gasteiger partial charge in [0, 0.05) is 33.6 Å². The van der Waals surface area contributed by atoms with Crippen molar-refractivity contribution in [2.45, 2.75) is 25.1 Å². The fraction of sp³-hybridized carbons (Fsp3) is 0.316. The molecule has 0 bridgehead atoms. The van der Waals surface area contributed by atoms with Crippen molar-refractivity contribution in [3.05, 3.63) is 51.0 Å². The van der Waals surface area contributed by atoms with Gasteiger partial charge in [-0.1, -0.05) is 11.6 Å². The number of nitrogens with zero attached hydrogens (tertiary/aromatic N) is 3. The summed E-state index contributed by atoms with van der Waals surface area (Å²) < 4.78 is 67.9. The molecule has 0 aromatic carbocycles. The third kappa shape index (κ3) is 4.03. The first-order valence-electron chi connectivity index (χ1n) is 8.96. The van der Waals surface area contributed by atoms with Gasteiger partial charge in [-0.05, 0) is 12.1 Å². The first-order valence-corrected chi connectivity index (χ1v) is 10.2. The number of pyridine rings is 2. The van der Waals surface area contributed by atoms with Gasteiger partial charge in [0.25, 0.3) is 5.56 Å². The minimum absolute atomic E-state index is 0.0456. The topological polar surface area (TPSA) is 55.2 Å². The number of rotatable bonds is 3. The highest BCUT2D eigenvalue weighted by molar-refractivity contribution is 7.17. The number of carbonyl (C=O) groups excluding carboxylic acids is 1. The second-order valence-electron chi connectivity index (χ2n) is 7.03. The minimum atomic E-state index is -4.73. The van der Waals surface area contributed by atoms with Gasteiger partial charge >= 0.3 is 6.18 Å². The van der Waals surface area contributed by atoms with Crippen LogP contribution in [-0.4, -0.2) is 45.8 Å².